The number of primary amides is 1. The van der Waals surface area contributed by atoms with Crippen molar-refractivity contribution in [3.05, 3.63) is 75.6 Å². The average molecular weight is 366 g/mol. The van der Waals surface area contributed by atoms with Crippen molar-refractivity contribution >= 4 is 23.2 Å². The van der Waals surface area contributed by atoms with E-state index in [-0.39, 0.29) is 22.6 Å². The van der Waals surface area contributed by atoms with Crippen LogP contribution in [0.4, 0.5) is 11.4 Å². The van der Waals surface area contributed by atoms with E-state index in [1.54, 1.807) is 25.1 Å². The Morgan fingerprint density at radius 2 is 1.93 bits per heavy atom. The molecule has 2 amide bonds. The first-order chi connectivity index (χ1) is 12.9. The molecule has 3 N–H and O–H groups in total. The Kier molecular flexibility index (Phi) is 4.62. The van der Waals surface area contributed by atoms with E-state index >= 15 is 0 Å². The molecule has 3 aromatic rings. The number of nitrogens with two attached hydrogens (primary N) is 1. The maximum atomic E-state index is 12.5. The SMILES string of the molecule is Cc1c(C(=O)Nc2ccccc2C(N)=O)nnn1-c1cccc([N+](=O)[O-])c1. The van der Waals surface area contributed by atoms with Crippen LogP contribution in [-0.4, -0.2) is 31.7 Å². The van der Waals surface area contributed by atoms with Gasteiger partial charge in [-0.1, -0.05) is 23.4 Å². The van der Waals surface area contributed by atoms with Crippen LogP contribution in [-0.2, 0) is 0 Å². The molecule has 0 radical (unpaired) electrons. The van der Waals surface area contributed by atoms with Crippen LogP contribution >= 0.6 is 0 Å². The van der Waals surface area contributed by atoms with Gasteiger partial charge in [0.25, 0.3) is 17.5 Å². The van der Waals surface area contributed by atoms with Gasteiger partial charge >= 0.3 is 0 Å². The van der Waals surface area contributed by atoms with Gasteiger partial charge in [0, 0.05) is 12.1 Å². The Morgan fingerprint density at radius 1 is 1.19 bits per heavy atom. The molecular weight excluding hydrogens is 352 g/mol. The van der Waals surface area contributed by atoms with Crippen molar-refractivity contribution in [1.29, 1.82) is 0 Å². The third kappa shape index (κ3) is 3.49. The summed E-state index contributed by atoms with van der Waals surface area (Å²) in [5.74, 6) is -1.26. The van der Waals surface area contributed by atoms with E-state index in [9.17, 15) is 19.7 Å². The molecule has 1 heterocycles. The predicted octanol–water partition coefficient (Wildman–Crippen LogP) is 1.84. The van der Waals surface area contributed by atoms with E-state index in [1.807, 2.05) is 0 Å². The smallest absolute Gasteiger partial charge is 0.278 e. The highest BCUT2D eigenvalue weighted by Crippen LogP contribution is 2.20. The molecule has 2 aromatic carbocycles. The summed E-state index contributed by atoms with van der Waals surface area (Å²) < 4.78 is 1.32. The van der Waals surface area contributed by atoms with Crippen molar-refractivity contribution < 1.29 is 14.5 Å². The van der Waals surface area contributed by atoms with E-state index in [1.165, 1.54) is 35.0 Å². The number of hydrogen-bond acceptors (Lipinski definition) is 6. The van der Waals surface area contributed by atoms with Gasteiger partial charge in [-0.2, -0.15) is 0 Å². The number of para-hydroxylation sites is 1. The largest absolute Gasteiger partial charge is 0.366 e. The second-order valence-electron chi connectivity index (χ2n) is 5.58. The molecule has 0 unspecified atom stereocenters. The molecule has 0 aliphatic heterocycles. The number of nitrogens with one attached hydrogen (secondary N) is 1. The van der Waals surface area contributed by atoms with Gasteiger partial charge in [-0.05, 0) is 25.1 Å². The summed E-state index contributed by atoms with van der Waals surface area (Å²) in [5, 5.41) is 21.3. The Morgan fingerprint density at radius 3 is 2.63 bits per heavy atom. The van der Waals surface area contributed by atoms with Gasteiger partial charge in [0.1, 0.15) is 0 Å². The van der Waals surface area contributed by atoms with Crippen LogP contribution in [0.2, 0.25) is 0 Å². The summed E-state index contributed by atoms with van der Waals surface area (Å²) in [6, 6.07) is 12.1. The van der Waals surface area contributed by atoms with Crippen LogP contribution in [0, 0.1) is 17.0 Å². The lowest BCUT2D eigenvalue weighted by atomic mass is 10.1. The van der Waals surface area contributed by atoms with Crippen molar-refractivity contribution in [3.8, 4) is 5.69 Å². The first kappa shape index (κ1) is 17.7. The molecule has 1 aromatic heterocycles. The van der Waals surface area contributed by atoms with Crippen LogP contribution in [0.25, 0.3) is 5.69 Å². The van der Waals surface area contributed by atoms with Crippen molar-refractivity contribution in [2.45, 2.75) is 6.92 Å². The average Bonchev–Trinajstić information content (AvgIpc) is 3.03. The summed E-state index contributed by atoms with van der Waals surface area (Å²) in [7, 11) is 0. The first-order valence-corrected chi connectivity index (χ1v) is 7.76. The summed E-state index contributed by atoms with van der Waals surface area (Å²) >= 11 is 0. The lowest BCUT2D eigenvalue weighted by Crippen LogP contribution is -2.19. The number of non-ortho nitro benzene ring substituents is 1. The number of amides is 2. The summed E-state index contributed by atoms with van der Waals surface area (Å²) in [5.41, 5.74) is 6.39. The molecule has 0 atom stereocenters. The first-order valence-electron chi connectivity index (χ1n) is 7.76. The van der Waals surface area contributed by atoms with E-state index in [4.69, 9.17) is 5.73 Å². The molecular formula is C17H14N6O4. The Labute approximate surface area is 152 Å². The van der Waals surface area contributed by atoms with Gasteiger partial charge < -0.3 is 11.1 Å². The number of anilines is 1. The van der Waals surface area contributed by atoms with E-state index in [0.29, 0.717) is 11.4 Å². The maximum Gasteiger partial charge on any atom is 0.278 e. The highest BCUT2D eigenvalue weighted by Gasteiger charge is 2.20. The number of aromatic nitrogens is 3. The molecule has 0 spiro atoms. The van der Waals surface area contributed by atoms with Gasteiger partial charge in [0.15, 0.2) is 5.69 Å². The number of hydrogen-bond donors (Lipinski definition) is 2. The maximum absolute atomic E-state index is 12.5. The van der Waals surface area contributed by atoms with Gasteiger partial charge in [-0.15, -0.1) is 5.10 Å². The minimum absolute atomic E-state index is 0.0146. The fraction of sp³-hybridized carbons (Fsp3) is 0.0588. The lowest BCUT2D eigenvalue weighted by molar-refractivity contribution is -0.384. The normalized spacial score (nSPS) is 10.4. The molecule has 10 nitrogen and oxygen atoms in total. The highest BCUT2D eigenvalue weighted by atomic mass is 16.6. The summed E-state index contributed by atoms with van der Waals surface area (Å²) in [6.45, 7) is 1.60. The quantitative estimate of drug-likeness (QED) is 0.520. The number of nitro benzene ring substituents is 1. The fourth-order valence-electron chi connectivity index (χ4n) is 2.51. The van der Waals surface area contributed by atoms with Crippen molar-refractivity contribution in [2.24, 2.45) is 5.73 Å². The molecule has 136 valence electrons. The lowest BCUT2D eigenvalue weighted by Gasteiger charge is -2.08. The highest BCUT2D eigenvalue weighted by molar-refractivity contribution is 6.08. The summed E-state index contributed by atoms with van der Waals surface area (Å²) in [6.07, 6.45) is 0. The van der Waals surface area contributed by atoms with Crippen LogP contribution < -0.4 is 11.1 Å². The minimum atomic E-state index is -0.678. The zero-order valence-corrected chi connectivity index (χ0v) is 14.1. The van der Waals surface area contributed by atoms with Crippen molar-refractivity contribution in [2.75, 3.05) is 5.32 Å². The second-order valence-corrected chi connectivity index (χ2v) is 5.58. The molecule has 10 heteroatoms. The standard InChI is InChI=1S/C17H14N6O4/c1-10-15(17(25)19-14-8-3-2-7-13(14)16(18)24)20-21-22(10)11-5-4-6-12(9-11)23(26)27/h2-9H,1H3,(H2,18,24)(H,19,25). The predicted molar refractivity (Wildman–Crippen MR) is 95.7 cm³/mol. The van der Waals surface area contributed by atoms with Crippen molar-refractivity contribution in [3.63, 3.8) is 0 Å². The number of rotatable bonds is 5. The zero-order chi connectivity index (χ0) is 19.6. The van der Waals surface area contributed by atoms with E-state index < -0.39 is 16.7 Å². The number of nitrogens with zero attached hydrogens (tertiary/aromatic N) is 4. The number of nitro groups is 1. The molecule has 0 aliphatic rings. The van der Waals surface area contributed by atoms with E-state index in [0.717, 1.165) is 0 Å². The number of carbonyl (C=O) groups excluding carboxylic acids is 2. The fourth-order valence-corrected chi connectivity index (χ4v) is 2.51. The topological polar surface area (TPSA) is 146 Å². The monoisotopic (exact) mass is 366 g/mol. The van der Waals surface area contributed by atoms with E-state index in [2.05, 4.69) is 15.6 Å². The molecule has 0 fully saturated rings. The number of benzene rings is 2. The minimum Gasteiger partial charge on any atom is -0.366 e. The Hall–Kier alpha value is -4.08. The van der Waals surface area contributed by atoms with Crippen LogP contribution in [0.15, 0.2) is 48.5 Å². The molecule has 0 saturated carbocycles. The molecule has 0 saturated heterocycles. The summed E-state index contributed by atoms with van der Waals surface area (Å²) in [4.78, 5) is 34.4. The van der Waals surface area contributed by atoms with Gasteiger partial charge in [-0.25, -0.2) is 4.68 Å². The second kappa shape index (κ2) is 7.04. The van der Waals surface area contributed by atoms with Crippen LogP contribution in [0.1, 0.15) is 26.5 Å². The Bertz CT molecular complexity index is 1060. The molecule has 3 rings (SSSR count). The van der Waals surface area contributed by atoms with Crippen LogP contribution in [0.5, 0.6) is 0 Å². The molecule has 0 bridgehead atoms. The van der Waals surface area contributed by atoms with Gasteiger partial charge in [-0.3, -0.25) is 19.7 Å². The zero-order valence-electron chi connectivity index (χ0n) is 14.1. The van der Waals surface area contributed by atoms with Crippen LogP contribution in [0.3, 0.4) is 0 Å². The third-order valence-corrected chi connectivity index (χ3v) is 3.84. The number of carbonyl (C=O) groups is 2. The molecule has 27 heavy (non-hydrogen) atoms. The molecule has 0 aliphatic carbocycles. The van der Waals surface area contributed by atoms with Gasteiger partial charge in [0.2, 0.25) is 0 Å². The Balaban J connectivity index is 1.92. The van der Waals surface area contributed by atoms with Gasteiger partial charge in [0.05, 0.1) is 27.6 Å². The third-order valence-electron chi connectivity index (χ3n) is 3.84. The van der Waals surface area contributed by atoms with Crippen molar-refractivity contribution in [1.82, 2.24) is 15.0 Å².